The van der Waals surface area contributed by atoms with E-state index in [-0.39, 0.29) is 16.6 Å². The molecule has 1 aliphatic rings. The smallest absolute Gasteiger partial charge is 0.193 e. The van der Waals surface area contributed by atoms with Crippen LogP contribution in [0.1, 0.15) is 16.7 Å². The highest BCUT2D eigenvalue weighted by Crippen LogP contribution is 2.41. The van der Waals surface area contributed by atoms with Crippen molar-refractivity contribution >= 4 is 35.3 Å². The number of aliphatic hydroxyl groups excluding tert-OH is 1. The molecule has 0 radical (unpaired) electrons. The third-order valence-electron chi connectivity index (χ3n) is 6.59. The van der Waals surface area contributed by atoms with E-state index in [4.69, 9.17) is 9.47 Å². The maximum absolute atomic E-state index is 11.3. The molecule has 0 aliphatic carbocycles. The highest BCUT2D eigenvalue weighted by Gasteiger charge is 2.47. The molecule has 39 heavy (non-hydrogen) atoms. The van der Waals surface area contributed by atoms with Crippen molar-refractivity contribution in [2.75, 3.05) is 5.75 Å². The van der Waals surface area contributed by atoms with Gasteiger partial charge in [0.25, 0.3) is 0 Å². The highest BCUT2D eigenvalue weighted by molar-refractivity contribution is 8.03. The zero-order valence-electron chi connectivity index (χ0n) is 21.8. The van der Waals surface area contributed by atoms with Crippen LogP contribution >= 0.6 is 35.3 Å². The second-order valence-corrected chi connectivity index (χ2v) is 12.8. The van der Waals surface area contributed by atoms with E-state index in [1.165, 1.54) is 16.7 Å². The monoisotopic (exact) mass is 574 g/mol. The summed E-state index contributed by atoms with van der Waals surface area (Å²) in [6.45, 7) is 0. The fourth-order valence-electron chi connectivity index (χ4n) is 4.60. The first-order valence-corrected chi connectivity index (χ1v) is 16.5. The summed E-state index contributed by atoms with van der Waals surface area (Å²) in [6, 6.07) is 41.4. The molecule has 0 aromatic heterocycles. The van der Waals surface area contributed by atoms with Gasteiger partial charge >= 0.3 is 0 Å². The standard InChI is InChI=1S/C33H34O3S3/c34-33-30(35-28-19-11-4-12-20-28)32(39-23-27-17-9-3-10-18-27)31(38-22-26-15-7-2-8-16-26)29(36-33)24-37-21-25-13-5-1-6-14-25/h1-20,29-34H,21-24H2/t29-,30-,31+,32+,33+/m1/s1. The van der Waals surface area contributed by atoms with Crippen molar-refractivity contribution < 1.29 is 14.6 Å². The van der Waals surface area contributed by atoms with Gasteiger partial charge in [-0.15, -0.1) is 23.5 Å². The Morgan fingerprint density at radius 2 is 1.05 bits per heavy atom. The molecule has 1 fully saturated rings. The highest BCUT2D eigenvalue weighted by atomic mass is 32.2. The van der Waals surface area contributed by atoms with E-state index < -0.39 is 12.4 Å². The molecule has 4 aromatic rings. The largest absolute Gasteiger partial charge is 0.484 e. The van der Waals surface area contributed by atoms with Gasteiger partial charge in [-0.1, -0.05) is 109 Å². The van der Waals surface area contributed by atoms with Gasteiger partial charge in [-0.25, -0.2) is 0 Å². The normalized spacial score (nSPS) is 22.8. The Morgan fingerprint density at radius 3 is 1.59 bits per heavy atom. The lowest BCUT2D eigenvalue weighted by atomic mass is 10.1. The Bertz CT molecular complexity index is 1230. The Labute approximate surface area is 244 Å². The number of hydrogen-bond acceptors (Lipinski definition) is 6. The SMILES string of the molecule is O[C@H]1O[C@H](CSCc2ccccc2)[C@H](SCc2ccccc2)[C@@H](SCc2ccccc2)[C@H]1Oc1ccccc1. The molecule has 0 unspecified atom stereocenters. The molecule has 1 saturated heterocycles. The van der Waals surface area contributed by atoms with Gasteiger partial charge in [0.2, 0.25) is 0 Å². The Morgan fingerprint density at radius 1 is 0.590 bits per heavy atom. The molecular weight excluding hydrogens is 541 g/mol. The number of ether oxygens (including phenoxy) is 2. The van der Waals surface area contributed by atoms with Crippen molar-refractivity contribution in [1.29, 1.82) is 0 Å². The van der Waals surface area contributed by atoms with Crippen molar-refractivity contribution in [3.8, 4) is 5.75 Å². The molecule has 0 spiro atoms. The van der Waals surface area contributed by atoms with Crippen LogP contribution in [0.4, 0.5) is 0 Å². The second kappa shape index (κ2) is 14.9. The first-order valence-electron chi connectivity index (χ1n) is 13.2. The molecule has 6 heteroatoms. The third kappa shape index (κ3) is 8.32. The molecule has 4 aromatic carbocycles. The second-order valence-electron chi connectivity index (χ2n) is 9.48. The lowest BCUT2D eigenvalue weighted by molar-refractivity contribution is -0.197. The van der Waals surface area contributed by atoms with E-state index in [1.807, 2.05) is 77.8 Å². The summed E-state index contributed by atoms with van der Waals surface area (Å²) in [5.41, 5.74) is 3.85. The average Bonchev–Trinajstić information content (AvgIpc) is 2.99. The Hall–Kier alpha value is -2.35. The summed E-state index contributed by atoms with van der Waals surface area (Å²) in [5.74, 6) is 4.20. The number of rotatable bonds is 12. The quantitative estimate of drug-likeness (QED) is 0.187. The number of hydrogen-bond donors (Lipinski definition) is 1. The third-order valence-corrected chi connectivity index (χ3v) is 10.8. The van der Waals surface area contributed by atoms with Gasteiger partial charge in [0.05, 0.1) is 11.4 Å². The Balaban J connectivity index is 1.38. The van der Waals surface area contributed by atoms with Gasteiger partial charge in [-0.2, -0.15) is 11.8 Å². The molecule has 0 bridgehead atoms. The Kier molecular flexibility index (Phi) is 10.7. The molecule has 1 N–H and O–H groups in total. The zero-order chi connectivity index (χ0) is 26.7. The van der Waals surface area contributed by atoms with Crippen LogP contribution in [0.3, 0.4) is 0 Å². The first-order chi connectivity index (χ1) is 19.3. The van der Waals surface area contributed by atoms with E-state index in [0.717, 1.165) is 28.8 Å². The zero-order valence-corrected chi connectivity index (χ0v) is 24.2. The summed E-state index contributed by atoms with van der Waals surface area (Å²) in [5, 5.41) is 11.5. The summed E-state index contributed by atoms with van der Waals surface area (Å²) in [7, 11) is 0. The molecule has 1 aliphatic heterocycles. The maximum Gasteiger partial charge on any atom is 0.193 e. The fourth-order valence-corrected chi connectivity index (χ4v) is 8.88. The average molecular weight is 575 g/mol. The van der Waals surface area contributed by atoms with Crippen LogP contribution in [-0.2, 0) is 22.0 Å². The van der Waals surface area contributed by atoms with Gasteiger partial charge < -0.3 is 14.6 Å². The summed E-state index contributed by atoms with van der Waals surface area (Å²) >= 11 is 5.64. The number of thioether (sulfide) groups is 3. The molecule has 5 rings (SSSR count). The molecule has 1 heterocycles. The van der Waals surface area contributed by atoms with E-state index in [1.54, 1.807) is 0 Å². The van der Waals surface area contributed by atoms with Crippen molar-refractivity contribution in [1.82, 2.24) is 0 Å². The van der Waals surface area contributed by atoms with Gasteiger partial charge in [-0.05, 0) is 28.8 Å². The van der Waals surface area contributed by atoms with Crippen molar-refractivity contribution in [3.63, 3.8) is 0 Å². The molecule has 3 nitrogen and oxygen atoms in total. The van der Waals surface area contributed by atoms with E-state index in [9.17, 15) is 5.11 Å². The molecular formula is C33H34O3S3. The minimum Gasteiger partial charge on any atom is -0.484 e. The van der Waals surface area contributed by atoms with E-state index in [2.05, 4.69) is 78.9 Å². The van der Waals surface area contributed by atoms with Crippen LogP contribution < -0.4 is 4.74 Å². The number of aliphatic hydroxyl groups is 1. The molecule has 0 saturated carbocycles. The maximum atomic E-state index is 11.3. The predicted octanol–water partition coefficient (Wildman–Crippen LogP) is 7.69. The van der Waals surface area contributed by atoms with Crippen LogP contribution in [0, 0.1) is 0 Å². The van der Waals surface area contributed by atoms with Gasteiger partial charge in [0, 0.05) is 28.3 Å². The molecule has 0 amide bonds. The summed E-state index contributed by atoms with van der Waals surface area (Å²) in [6.07, 6.45) is -1.59. The number of benzene rings is 4. The van der Waals surface area contributed by atoms with Crippen LogP contribution in [0.15, 0.2) is 121 Å². The summed E-state index contributed by atoms with van der Waals surface area (Å²) < 4.78 is 12.8. The van der Waals surface area contributed by atoms with Crippen LogP contribution in [0.25, 0.3) is 0 Å². The van der Waals surface area contributed by atoms with E-state index in [0.29, 0.717) is 0 Å². The predicted molar refractivity (Wildman–Crippen MR) is 167 cm³/mol. The van der Waals surface area contributed by atoms with E-state index >= 15 is 0 Å². The minimum atomic E-state index is -1.01. The van der Waals surface area contributed by atoms with Crippen molar-refractivity contribution in [2.45, 2.75) is 46.3 Å². The summed E-state index contributed by atoms with van der Waals surface area (Å²) in [4.78, 5) is 0. The van der Waals surface area contributed by atoms with Gasteiger partial charge in [0.15, 0.2) is 12.4 Å². The topological polar surface area (TPSA) is 38.7 Å². The van der Waals surface area contributed by atoms with Crippen molar-refractivity contribution in [2.24, 2.45) is 0 Å². The first kappa shape index (κ1) is 28.2. The fraction of sp³-hybridized carbons (Fsp3) is 0.273. The lowest BCUT2D eigenvalue weighted by Crippen LogP contribution is -2.58. The van der Waals surface area contributed by atoms with Crippen LogP contribution in [0.2, 0.25) is 0 Å². The minimum absolute atomic E-state index is 0.0326. The van der Waals surface area contributed by atoms with Crippen LogP contribution in [0.5, 0.6) is 5.75 Å². The lowest BCUT2D eigenvalue weighted by Gasteiger charge is -2.44. The van der Waals surface area contributed by atoms with Gasteiger partial charge in [-0.3, -0.25) is 0 Å². The van der Waals surface area contributed by atoms with Crippen molar-refractivity contribution in [3.05, 3.63) is 138 Å². The molecule has 202 valence electrons. The van der Waals surface area contributed by atoms with Gasteiger partial charge in [0.1, 0.15) is 5.75 Å². The van der Waals surface area contributed by atoms with Crippen LogP contribution in [-0.4, -0.2) is 39.9 Å². The molecule has 5 atom stereocenters. The number of para-hydroxylation sites is 1.